The second kappa shape index (κ2) is 2.21. The van der Waals surface area contributed by atoms with Crippen molar-refractivity contribution < 1.29 is 9.78 Å². The first kappa shape index (κ1) is 8.02. The van der Waals surface area contributed by atoms with Crippen molar-refractivity contribution in [3.8, 4) is 0 Å². The summed E-state index contributed by atoms with van der Waals surface area (Å²) in [5.41, 5.74) is 0.114. The van der Waals surface area contributed by atoms with Crippen LogP contribution in [0.5, 0.6) is 0 Å². The molecular weight excluding hydrogens is 128 g/mol. The molecule has 0 unspecified atom stereocenters. The van der Waals surface area contributed by atoms with Crippen LogP contribution in [0.4, 0.5) is 0 Å². The van der Waals surface area contributed by atoms with E-state index in [1.807, 2.05) is 0 Å². The quantitative estimate of drug-likeness (QED) is 0.439. The van der Waals surface area contributed by atoms with E-state index in [4.69, 9.17) is 9.78 Å². The summed E-state index contributed by atoms with van der Waals surface area (Å²) in [5.74, 6) is -0.262. The van der Waals surface area contributed by atoms with Gasteiger partial charge in [-0.05, 0) is 0 Å². The Hall–Kier alpha value is -0.0800. The molecule has 1 aliphatic heterocycles. The van der Waals surface area contributed by atoms with E-state index >= 15 is 0 Å². The van der Waals surface area contributed by atoms with Gasteiger partial charge in [0.25, 0.3) is 0 Å². The molecule has 1 heterocycles. The molecule has 2 nitrogen and oxygen atoms in total. The van der Waals surface area contributed by atoms with Gasteiger partial charge in [0, 0.05) is 11.8 Å². The average Bonchev–Trinajstić information content (AvgIpc) is 2.45. The minimum Gasteiger partial charge on any atom is -0.194 e. The Labute approximate surface area is 62.4 Å². The molecule has 10 heavy (non-hydrogen) atoms. The summed E-state index contributed by atoms with van der Waals surface area (Å²) in [5, 5.41) is 0. The molecule has 0 aromatic carbocycles. The second-order valence-electron chi connectivity index (χ2n) is 3.92. The lowest BCUT2D eigenvalue weighted by Crippen LogP contribution is -2.29. The van der Waals surface area contributed by atoms with Crippen molar-refractivity contribution in [1.82, 2.24) is 0 Å². The van der Waals surface area contributed by atoms with E-state index in [0.29, 0.717) is 0 Å². The lowest BCUT2D eigenvalue weighted by Gasteiger charge is -2.21. The highest BCUT2D eigenvalue weighted by molar-refractivity contribution is 4.86. The molecule has 1 fully saturated rings. The van der Waals surface area contributed by atoms with Crippen LogP contribution >= 0.6 is 0 Å². The Bertz CT molecular complexity index is 120. The lowest BCUT2D eigenvalue weighted by molar-refractivity contribution is 0.0850. The molecule has 0 amide bonds. The van der Waals surface area contributed by atoms with Crippen LogP contribution in [0.15, 0.2) is 0 Å². The van der Waals surface area contributed by atoms with Crippen LogP contribution in [-0.4, -0.2) is 5.79 Å². The largest absolute Gasteiger partial charge is 0.238 e. The first-order valence-electron chi connectivity index (χ1n) is 3.89. The highest BCUT2D eigenvalue weighted by Gasteiger charge is 2.57. The molecule has 0 saturated carbocycles. The Kier molecular flexibility index (Phi) is 1.77. The maximum absolute atomic E-state index is 5.00. The van der Waals surface area contributed by atoms with Gasteiger partial charge in [0.15, 0.2) is 0 Å². The molecule has 0 spiro atoms. The van der Waals surface area contributed by atoms with Gasteiger partial charge < -0.3 is 0 Å². The smallest absolute Gasteiger partial charge is 0.194 e. The number of rotatable bonds is 2. The first-order valence-corrected chi connectivity index (χ1v) is 3.89. The van der Waals surface area contributed by atoms with Crippen LogP contribution in [0.1, 0.15) is 40.5 Å². The monoisotopic (exact) mass is 144 g/mol. The molecule has 60 valence electrons. The molecule has 0 aromatic heterocycles. The van der Waals surface area contributed by atoms with Gasteiger partial charge in [-0.25, -0.2) is 0 Å². The van der Waals surface area contributed by atoms with Gasteiger partial charge >= 0.3 is 0 Å². The molecule has 0 aromatic rings. The molecule has 0 aliphatic carbocycles. The first-order chi connectivity index (χ1) is 4.52. The minimum absolute atomic E-state index is 0.114. The highest BCUT2D eigenvalue weighted by Crippen LogP contribution is 2.48. The summed E-state index contributed by atoms with van der Waals surface area (Å²) in [6, 6.07) is 0. The van der Waals surface area contributed by atoms with Gasteiger partial charge in [-0.15, -0.1) is 0 Å². The standard InChI is InChI=1S/C8H16O2/c1-5-6-8(9-10-8)7(2,3)4/h5-6H2,1-4H3. The fraction of sp³-hybridized carbons (Fsp3) is 1.00. The minimum atomic E-state index is -0.262. The molecule has 1 rings (SSSR count). The third kappa shape index (κ3) is 1.18. The molecule has 0 bridgehead atoms. The Balaban J connectivity index is 2.52. The van der Waals surface area contributed by atoms with Crippen LogP contribution in [-0.2, 0) is 9.78 Å². The van der Waals surface area contributed by atoms with E-state index < -0.39 is 0 Å². The fourth-order valence-corrected chi connectivity index (χ4v) is 1.09. The molecule has 2 heteroatoms. The van der Waals surface area contributed by atoms with Crippen molar-refractivity contribution in [3.63, 3.8) is 0 Å². The average molecular weight is 144 g/mol. The van der Waals surface area contributed by atoms with E-state index in [-0.39, 0.29) is 11.2 Å². The molecule has 0 radical (unpaired) electrons. The fourth-order valence-electron chi connectivity index (χ4n) is 1.09. The zero-order valence-electron chi connectivity index (χ0n) is 7.23. The summed E-state index contributed by atoms with van der Waals surface area (Å²) in [6.07, 6.45) is 2.10. The van der Waals surface area contributed by atoms with Crippen molar-refractivity contribution in [2.75, 3.05) is 0 Å². The van der Waals surface area contributed by atoms with Gasteiger partial charge in [0.2, 0.25) is 5.79 Å². The number of hydrogen-bond donors (Lipinski definition) is 0. The summed E-state index contributed by atoms with van der Waals surface area (Å²) < 4.78 is 0. The second-order valence-corrected chi connectivity index (χ2v) is 3.92. The summed E-state index contributed by atoms with van der Waals surface area (Å²) in [6.45, 7) is 8.54. The van der Waals surface area contributed by atoms with Crippen LogP contribution in [0.3, 0.4) is 0 Å². The van der Waals surface area contributed by atoms with Crippen molar-refractivity contribution in [2.24, 2.45) is 5.41 Å². The van der Waals surface area contributed by atoms with E-state index in [2.05, 4.69) is 27.7 Å². The van der Waals surface area contributed by atoms with Crippen molar-refractivity contribution in [1.29, 1.82) is 0 Å². The van der Waals surface area contributed by atoms with E-state index in [1.54, 1.807) is 0 Å². The zero-order valence-corrected chi connectivity index (χ0v) is 7.23. The van der Waals surface area contributed by atoms with Gasteiger partial charge in [-0.2, -0.15) is 9.78 Å². The maximum atomic E-state index is 5.00. The normalized spacial score (nSPS) is 22.8. The van der Waals surface area contributed by atoms with Crippen molar-refractivity contribution in [3.05, 3.63) is 0 Å². The molecule has 0 atom stereocenters. The molecule has 1 saturated heterocycles. The summed E-state index contributed by atoms with van der Waals surface area (Å²) >= 11 is 0. The van der Waals surface area contributed by atoms with Crippen LogP contribution in [0.2, 0.25) is 0 Å². The van der Waals surface area contributed by atoms with E-state index in [9.17, 15) is 0 Å². The summed E-state index contributed by atoms with van der Waals surface area (Å²) in [7, 11) is 0. The predicted molar refractivity (Wildman–Crippen MR) is 39.3 cm³/mol. The number of hydrogen-bond acceptors (Lipinski definition) is 2. The van der Waals surface area contributed by atoms with E-state index in [0.717, 1.165) is 12.8 Å². The van der Waals surface area contributed by atoms with Crippen LogP contribution in [0.25, 0.3) is 0 Å². The summed E-state index contributed by atoms with van der Waals surface area (Å²) in [4.78, 5) is 10.0. The Morgan fingerprint density at radius 3 is 1.80 bits per heavy atom. The highest BCUT2D eigenvalue weighted by atomic mass is 17.4. The SMILES string of the molecule is CCCC1(C(C)(C)C)OO1. The Morgan fingerprint density at radius 2 is 1.70 bits per heavy atom. The maximum Gasteiger partial charge on any atom is 0.238 e. The van der Waals surface area contributed by atoms with Gasteiger partial charge in [0.1, 0.15) is 0 Å². The van der Waals surface area contributed by atoms with Gasteiger partial charge in [-0.1, -0.05) is 34.1 Å². The van der Waals surface area contributed by atoms with Gasteiger partial charge in [0.05, 0.1) is 0 Å². The van der Waals surface area contributed by atoms with Crippen LogP contribution in [0, 0.1) is 5.41 Å². The zero-order chi connectivity index (χ0) is 7.83. The van der Waals surface area contributed by atoms with Gasteiger partial charge in [-0.3, -0.25) is 0 Å². The van der Waals surface area contributed by atoms with Crippen LogP contribution < -0.4 is 0 Å². The van der Waals surface area contributed by atoms with E-state index in [1.165, 1.54) is 0 Å². The third-order valence-electron chi connectivity index (χ3n) is 2.01. The molecular formula is C8H16O2. The predicted octanol–water partition coefficient (Wildman–Crippen LogP) is 2.49. The van der Waals surface area contributed by atoms with Crippen molar-refractivity contribution >= 4 is 0 Å². The lowest BCUT2D eigenvalue weighted by atomic mass is 9.84. The molecule has 1 aliphatic rings. The third-order valence-corrected chi connectivity index (χ3v) is 2.01. The van der Waals surface area contributed by atoms with Crippen molar-refractivity contribution in [2.45, 2.75) is 46.3 Å². The topological polar surface area (TPSA) is 25.1 Å². The Morgan fingerprint density at radius 1 is 1.20 bits per heavy atom. The molecule has 0 N–H and O–H groups in total.